The van der Waals surface area contributed by atoms with E-state index >= 15 is 0 Å². The molecule has 72 valence electrons. The summed E-state index contributed by atoms with van der Waals surface area (Å²) in [5.41, 5.74) is 6.86. The smallest absolute Gasteiger partial charge is 0.0103 e. The van der Waals surface area contributed by atoms with Gasteiger partial charge in [0.05, 0.1) is 0 Å². The lowest BCUT2D eigenvalue weighted by atomic mass is 10.1. The molecular formula is C11H17NS. The third-order valence-electron chi connectivity index (χ3n) is 1.85. The van der Waals surface area contributed by atoms with E-state index in [4.69, 9.17) is 5.73 Å². The second-order valence-corrected chi connectivity index (χ2v) is 4.20. The van der Waals surface area contributed by atoms with Crippen molar-refractivity contribution in [2.24, 2.45) is 5.73 Å². The van der Waals surface area contributed by atoms with Gasteiger partial charge in [-0.15, -0.1) is 11.8 Å². The molecular weight excluding hydrogens is 178 g/mol. The summed E-state index contributed by atoms with van der Waals surface area (Å²) in [5.74, 6) is 1.01. The average molecular weight is 195 g/mol. The number of nitrogens with two attached hydrogens (primary N) is 1. The summed E-state index contributed by atoms with van der Waals surface area (Å²) in [5, 5.41) is 0. The molecule has 1 rings (SSSR count). The van der Waals surface area contributed by atoms with Crippen molar-refractivity contribution in [2.75, 3.05) is 12.3 Å². The van der Waals surface area contributed by atoms with Crippen LogP contribution in [0.25, 0.3) is 0 Å². The molecule has 13 heavy (non-hydrogen) atoms. The van der Waals surface area contributed by atoms with E-state index in [1.807, 2.05) is 11.8 Å². The summed E-state index contributed by atoms with van der Waals surface area (Å²) in [7, 11) is 0. The molecule has 0 aliphatic carbocycles. The number of hydrogen-bond donors (Lipinski definition) is 1. The summed E-state index contributed by atoms with van der Waals surface area (Å²) < 4.78 is 0. The van der Waals surface area contributed by atoms with Crippen LogP contribution in [-0.2, 0) is 6.42 Å². The molecule has 0 fully saturated rings. The maximum atomic E-state index is 5.43. The van der Waals surface area contributed by atoms with Crippen LogP contribution in [-0.4, -0.2) is 12.3 Å². The van der Waals surface area contributed by atoms with Gasteiger partial charge in [-0.3, -0.25) is 0 Å². The van der Waals surface area contributed by atoms with E-state index in [2.05, 4.69) is 31.2 Å². The minimum absolute atomic E-state index is 0.751. The van der Waals surface area contributed by atoms with Gasteiger partial charge in [0, 0.05) is 17.2 Å². The van der Waals surface area contributed by atoms with Gasteiger partial charge in [0.15, 0.2) is 0 Å². The van der Waals surface area contributed by atoms with Crippen molar-refractivity contribution in [1.82, 2.24) is 0 Å². The molecule has 0 radical (unpaired) electrons. The Bertz CT molecular complexity index is 230. The fraction of sp³-hybridized carbons (Fsp3) is 0.455. The highest BCUT2D eigenvalue weighted by Gasteiger charge is 1.93. The second kappa shape index (κ2) is 6.06. The average Bonchev–Trinajstić information content (AvgIpc) is 2.17. The molecule has 0 spiro atoms. The second-order valence-electron chi connectivity index (χ2n) is 3.03. The SMILES string of the molecule is CCCc1ccc(SCCN)cc1. The maximum Gasteiger partial charge on any atom is 0.0103 e. The molecule has 0 aliphatic heterocycles. The molecule has 0 bridgehead atoms. The summed E-state index contributed by atoms with van der Waals surface area (Å²) in [4.78, 5) is 1.32. The molecule has 0 unspecified atom stereocenters. The number of thioether (sulfide) groups is 1. The molecule has 2 N–H and O–H groups in total. The van der Waals surface area contributed by atoms with Gasteiger partial charge in [0.25, 0.3) is 0 Å². The quantitative estimate of drug-likeness (QED) is 0.731. The zero-order valence-electron chi connectivity index (χ0n) is 8.12. The van der Waals surface area contributed by atoms with E-state index in [1.165, 1.54) is 23.3 Å². The number of rotatable bonds is 5. The molecule has 1 aromatic rings. The molecule has 0 aromatic heterocycles. The van der Waals surface area contributed by atoms with Crippen LogP contribution in [0.4, 0.5) is 0 Å². The van der Waals surface area contributed by atoms with Gasteiger partial charge in [-0.2, -0.15) is 0 Å². The van der Waals surface area contributed by atoms with Crippen molar-refractivity contribution < 1.29 is 0 Å². The topological polar surface area (TPSA) is 26.0 Å². The molecule has 1 nitrogen and oxygen atoms in total. The van der Waals surface area contributed by atoms with Crippen LogP contribution in [0, 0.1) is 0 Å². The minimum Gasteiger partial charge on any atom is -0.330 e. The first kappa shape index (κ1) is 10.6. The van der Waals surface area contributed by atoms with E-state index in [-0.39, 0.29) is 0 Å². The normalized spacial score (nSPS) is 10.3. The van der Waals surface area contributed by atoms with Gasteiger partial charge in [-0.1, -0.05) is 25.5 Å². The molecule has 0 saturated heterocycles. The van der Waals surface area contributed by atoms with Crippen LogP contribution in [0.3, 0.4) is 0 Å². The monoisotopic (exact) mass is 195 g/mol. The van der Waals surface area contributed by atoms with Crippen LogP contribution < -0.4 is 5.73 Å². The van der Waals surface area contributed by atoms with Crippen LogP contribution in [0.15, 0.2) is 29.2 Å². The van der Waals surface area contributed by atoms with Crippen molar-refractivity contribution in [3.8, 4) is 0 Å². The van der Waals surface area contributed by atoms with Gasteiger partial charge < -0.3 is 5.73 Å². The predicted molar refractivity (Wildman–Crippen MR) is 60.2 cm³/mol. The van der Waals surface area contributed by atoms with E-state index < -0.39 is 0 Å². The van der Waals surface area contributed by atoms with Crippen LogP contribution in [0.5, 0.6) is 0 Å². The number of hydrogen-bond acceptors (Lipinski definition) is 2. The van der Waals surface area contributed by atoms with Gasteiger partial charge in [0.1, 0.15) is 0 Å². The lowest BCUT2D eigenvalue weighted by Crippen LogP contribution is -2.00. The summed E-state index contributed by atoms with van der Waals surface area (Å²) in [6.07, 6.45) is 2.40. The highest BCUT2D eigenvalue weighted by Crippen LogP contribution is 2.17. The Hall–Kier alpha value is -0.470. The molecule has 2 heteroatoms. The van der Waals surface area contributed by atoms with Crippen molar-refractivity contribution in [1.29, 1.82) is 0 Å². The van der Waals surface area contributed by atoms with E-state index in [0.717, 1.165) is 12.3 Å². The van der Waals surface area contributed by atoms with Gasteiger partial charge in [-0.05, 0) is 24.1 Å². The fourth-order valence-electron chi connectivity index (χ4n) is 1.22. The summed E-state index contributed by atoms with van der Waals surface area (Å²) in [6, 6.07) is 8.79. The Morgan fingerprint density at radius 2 is 1.92 bits per heavy atom. The van der Waals surface area contributed by atoms with Crippen LogP contribution >= 0.6 is 11.8 Å². The van der Waals surface area contributed by atoms with Crippen molar-refractivity contribution in [2.45, 2.75) is 24.7 Å². The van der Waals surface area contributed by atoms with Crippen molar-refractivity contribution >= 4 is 11.8 Å². The maximum absolute atomic E-state index is 5.43. The molecule has 0 amide bonds. The molecule has 0 aliphatic rings. The largest absolute Gasteiger partial charge is 0.330 e. The highest BCUT2D eigenvalue weighted by atomic mass is 32.2. The zero-order chi connectivity index (χ0) is 9.52. The molecule has 0 atom stereocenters. The summed E-state index contributed by atoms with van der Waals surface area (Å²) >= 11 is 1.82. The lowest BCUT2D eigenvalue weighted by molar-refractivity contribution is 0.920. The number of benzene rings is 1. The van der Waals surface area contributed by atoms with E-state index in [0.29, 0.717) is 0 Å². The Labute approximate surface area is 84.7 Å². The Morgan fingerprint density at radius 1 is 1.23 bits per heavy atom. The lowest BCUT2D eigenvalue weighted by Gasteiger charge is -2.01. The Balaban J connectivity index is 2.48. The van der Waals surface area contributed by atoms with E-state index in [9.17, 15) is 0 Å². The van der Waals surface area contributed by atoms with Crippen molar-refractivity contribution in [3.05, 3.63) is 29.8 Å². The Morgan fingerprint density at radius 3 is 2.46 bits per heavy atom. The zero-order valence-corrected chi connectivity index (χ0v) is 8.94. The fourth-order valence-corrected chi connectivity index (χ4v) is 1.90. The number of aryl methyl sites for hydroxylation is 1. The first-order chi connectivity index (χ1) is 6.36. The molecule has 1 aromatic carbocycles. The summed E-state index contributed by atoms with van der Waals surface area (Å²) in [6.45, 7) is 2.96. The minimum atomic E-state index is 0.751. The predicted octanol–water partition coefficient (Wildman–Crippen LogP) is 2.69. The third-order valence-corrected chi connectivity index (χ3v) is 2.89. The Kier molecular flexibility index (Phi) is 4.94. The first-order valence-electron chi connectivity index (χ1n) is 4.78. The molecule has 0 heterocycles. The van der Waals surface area contributed by atoms with E-state index in [1.54, 1.807) is 0 Å². The standard InChI is InChI=1S/C11H17NS/c1-2-3-10-4-6-11(7-5-10)13-9-8-12/h4-7H,2-3,8-9,12H2,1H3. The van der Waals surface area contributed by atoms with Crippen LogP contribution in [0.1, 0.15) is 18.9 Å². The first-order valence-corrected chi connectivity index (χ1v) is 5.77. The van der Waals surface area contributed by atoms with Gasteiger partial charge >= 0.3 is 0 Å². The highest BCUT2D eigenvalue weighted by molar-refractivity contribution is 7.99. The third kappa shape index (κ3) is 3.83. The van der Waals surface area contributed by atoms with Crippen molar-refractivity contribution in [3.63, 3.8) is 0 Å². The van der Waals surface area contributed by atoms with Gasteiger partial charge in [-0.25, -0.2) is 0 Å². The van der Waals surface area contributed by atoms with Crippen LogP contribution in [0.2, 0.25) is 0 Å². The van der Waals surface area contributed by atoms with Gasteiger partial charge in [0.2, 0.25) is 0 Å². The molecule has 0 saturated carbocycles.